The standard InChI is InChI=1S/C8H8.C6H6O.C4H6/c1-2-8-6-4-3-5-7-8;7-6-4-2-1-3-5-6;1-3-4-2/h2-7H,1H2;1-5,7H;3-4H,1-2H2. The van der Waals surface area contributed by atoms with Gasteiger partial charge in [0.15, 0.2) is 0 Å². The van der Waals surface area contributed by atoms with Gasteiger partial charge in [-0.1, -0.05) is 86.5 Å². The van der Waals surface area contributed by atoms with Crippen LogP contribution in [0.15, 0.2) is 92.6 Å². The first kappa shape index (κ1) is 16.5. The Hall–Kier alpha value is -2.54. The molecule has 0 aliphatic carbocycles. The number of hydrogen-bond donors (Lipinski definition) is 1. The average molecular weight is 252 g/mol. The molecule has 19 heavy (non-hydrogen) atoms. The molecule has 0 spiro atoms. The molecular weight excluding hydrogens is 232 g/mol. The van der Waals surface area contributed by atoms with Crippen LogP contribution in [0.2, 0.25) is 0 Å². The number of para-hydroxylation sites is 1. The fraction of sp³-hybridized carbons (Fsp3) is 0. The molecule has 0 aromatic heterocycles. The summed E-state index contributed by atoms with van der Waals surface area (Å²) in [6.07, 6.45) is 5.11. The van der Waals surface area contributed by atoms with Gasteiger partial charge in [-0.15, -0.1) is 0 Å². The van der Waals surface area contributed by atoms with Crippen LogP contribution in [0.3, 0.4) is 0 Å². The molecule has 0 saturated heterocycles. The van der Waals surface area contributed by atoms with Gasteiger partial charge < -0.3 is 5.11 Å². The predicted molar refractivity (Wildman–Crippen MR) is 85.0 cm³/mol. The molecule has 2 aromatic carbocycles. The van der Waals surface area contributed by atoms with Crippen molar-refractivity contribution in [3.8, 4) is 5.75 Å². The maximum absolute atomic E-state index is 8.63. The van der Waals surface area contributed by atoms with E-state index in [1.54, 1.807) is 36.4 Å². The van der Waals surface area contributed by atoms with Crippen molar-refractivity contribution >= 4 is 6.08 Å². The highest BCUT2D eigenvalue weighted by molar-refractivity contribution is 5.45. The third kappa shape index (κ3) is 10.3. The summed E-state index contributed by atoms with van der Waals surface area (Å²) in [5.41, 5.74) is 1.17. The Labute approximate surface area is 115 Å². The lowest BCUT2D eigenvalue weighted by Gasteiger charge is -1.85. The summed E-state index contributed by atoms with van der Waals surface area (Å²) in [6.45, 7) is 10.4. The van der Waals surface area contributed by atoms with Crippen LogP contribution in [-0.4, -0.2) is 5.11 Å². The maximum Gasteiger partial charge on any atom is 0.115 e. The first-order chi connectivity index (χ1) is 9.24. The molecule has 0 saturated carbocycles. The Balaban J connectivity index is 0.000000272. The number of phenols is 1. The largest absolute Gasteiger partial charge is 0.508 e. The lowest BCUT2D eigenvalue weighted by molar-refractivity contribution is 0.475. The van der Waals surface area contributed by atoms with Crippen molar-refractivity contribution in [1.82, 2.24) is 0 Å². The lowest BCUT2D eigenvalue weighted by atomic mass is 10.2. The van der Waals surface area contributed by atoms with E-state index in [2.05, 4.69) is 19.7 Å². The van der Waals surface area contributed by atoms with Gasteiger partial charge in [-0.3, -0.25) is 0 Å². The second-order valence-corrected chi connectivity index (χ2v) is 3.42. The van der Waals surface area contributed by atoms with Gasteiger partial charge in [0.1, 0.15) is 5.75 Å². The van der Waals surface area contributed by atoms with Crippen LogP contribution in [-0.2, 0) is 0 Å². The summed E-state index contributed by atoms with van der Waals surface area (Å²) in [6, 6.07) is 18.7. The summed E-state index contributed by atoms with van der Waals surface area (Å²) < 4.78 is 0. The van der Waals surface area contributed by atoms with Crippen molar-refractivity contribution in [1.29, 1.82) is 0 Å². The Morgan fingerprint density at radius 3 is 1.32 bits per heavy atom. The SMILES string of the molecule is C=CC=C.C=Cc1ccccc1.Oc1ccccc1. The molecule has 0 aliphatic heterocycles. The summed E-state index contributed by atoms with van der Waals surface area (Å²) >= 11 is 0. The van der Waals surface area contributed by atoms with Crippen molar-refractivity contribution in [2.24, 2.45) is 0 Å². The van der Waals surface area contributed by atoms with E-state index in [9.17, 15) is 0 Å². The van der Waals surface area contributed by atoms with Crippen LogP contribution in [0, 0.1) is 0 Å². The Kier molecular flexibility index (Phi) is 10.3. The Morgan fingerprint density at radius 2 is 1.11 bits per heavy atom. The molecular formula is C18H20O. The highest BCUT2D eigenvalue weighted by Crippen LogP contribution is 2.02. The topological polar surface area (TPSA) is 20.2 Å². The monoisotopic (exact) mass is 252 g/mol. The van der Waals surface area contributed by atoms with Gasteiger partial charge in [-0.05, 0) is 17.7 Å². The highest BCUT2D eigenvalue weighted by atomic mass is 16.3. The van der Waals surface area contributed by atoms with Crippen LogP contribution in [0.4, 0.5) is 0 Å². The van der Waals surface area contributed by atoms with Crippen LogP contribution < -0.4 is 0 Å². The summed E-state index contributed by atoms with van der Waals surface area (Å²) in [7, 11) is 0. The molecule has 1 heteroatoms. The van der Waals surface area contributed by atoms with E-state index in [-0.39, 0.29) is 0 Å². The van der Waals surface area contributed by atoms with Gasteiger partial charge in [0.2, 0.25) is 0 Å². The number of hydrogen-bond acceptors (Lipinski definition) is 1. The summed E-state index contributed by atoms with van der Waals surface area (Å²) in [5, 5.41) is 8.63. The molecule has 0 unspecified atom stereocenters. The van der Waals surface area contributed by atoms with Gasteiger partial charge in [0, 0.05) is 0 Å². The first-order valence-corrected chi connectivity index (χ1v) is 5.89. The molecule has 0 amide bonds. The van der Waals surface area contributed by atoms with Gasteiger partial charge in [-0.2, -0.15) is 0 Å². The van der Waals surface area contributed by atoms with E-state index in [0.29, 0.717) is 5.75 Å². The second kappa shape index (κ2) is 11.9. The van der Waals surface area contributed by atoms with Gasteiger partial charge >= 0.3 is 0 Å². The molecule has 0 radical (unpaired) electrons. The molecule has 0 atom stereocenters. The van der Waals surface area contributed by atoms with Crippen LogP contribution >= 0.6 is 0 Å². The Morgan fingerprint density at radius 1 is 0.684 bits per heavy atom. The number of phenolic OH excluding ortho intramolecular Hbond substituents is 1. The molecule has 2 aromatic rings. The third-order valence-corrected chi connectivity index (χ3v) is 1.96. The smallest absolute Gasteiger partial charge is 0.115 e. The van der Waals surface area contributed by atoms with Crippen molar-refractivity contribution in [3.05, 3.63) is 98.1 Å². The van der Waals surface area contributed by atoms with E-state index < -0.39 is 0 Å². The quantitative estimate of drug-likeness (QED) is 0.739. The number of aromatic hydroxyl groups is 1. The second-order valence-electron chi connectivity index (χ2n) is 3.42. The van der Waals surface area contributed by atoms with E-state index in [1.165, 1.54) is 5.56 Å². The highest BCUT2D eigenvalue weighted by Gasteiger charge is 1.76. The predicted octanol–water partition coefficient (Wildman–Crippen LogP) is 5.08. The van der Waals surface area contributed by atoms with Crippen LogP contribution in [0.1, 0.15) is 5.56 Å². The Bertz CT molecular complexity index is 452. The van der Waals surface area contributed by atoms with Gasteiger partial charge in [0.05, 0.1) is 0 Å². The maximum atomic E-state index is 8.63. The van der Waals surface area contributed by atoms with Gasteiger partial charge in [-0.25, -0.2) is 0 Å². The zero-order chi connectivity index (χ0) is 14.3. The van der Waals surface area contributed by atoms with E-state index in [1.807, 2.05) is 42.5 Å². The molecule has 0 bridgehead atoms. The molecule has 98 valence electrons. The van der Waals surface area contributed by atoms with E-state index in [4.69, 9.17) is 5.11 Å². The van der Waals surface area contributed by atoms with E-state index in [0.717, 1.165) is 0 Å². The minimum atomic E-state index is 0.322. The van der Waals surface area contributed by atoms with Crippen molar-refractivity contribution in [2.75, 3.05) is 0 Å². The molecule has 0 aliphatic rings. The van der Waals surface area contributed by atoms with Crippen LogP contribution in [0.25, 0.3) is 6.08 Å². The molecule has 1 N–H and O–H groups in total. The van der Waals surface area contributed by atoms with Gasteiger partial charge in [0.25, 0.3) is 0 Å². The molecule has 0 heterocycles. The average Bonchev–Trinajstić information content (AvgIpc) is 2.50. The van der Waals surface area contributed by atoms with E-state index >= 15 is 0 Å². The minimum absolute atomic E-state index is 0.322. The van der Waals surface area contributed by atoms with Crippen molar-refractivity contribution in [2.45, 2.75) is 0 Å². The fourth-order valence-corrected chi connectivity index (χ4v) is 1.02. The fourth-order valence-electron chi connectivity index (χ4n) is 1.02. The number of benzene rings is 2. The van der Waals surface area contributed by atoms with Crippen molar-refractivity contribution in [3.63, 3.8) is 0 Å². The zero-order valence-electron chi connectivity index (χ0n) is 11.1. The summed E-state index contributed by atoms with van der Waals surface area (Å²) in [4.78, 5) is 0. The third-order valence-electron chi connectivity index (χ3n) is 1.96. The molecule has 0 fully saturated rings. The summed E-state index contributed by atoms with van der Waals surface area (Å²) in [5.74, 6) is 0.322. The number of allylic oxidation sites excluding steroid dienone is 2. The normalized spacial score (nSPS) is 7.79. The molecule has 2 rings (SSSR count). The van der Waals surface area contributed by atoms with Crippen molar-refractivity contribution < 1.29 is 5.11 Å². The van der Waals surface area contributed by atoms with Crippen LogP contribution in [0.5, 0.6) is 5.75 Å². The minimum Gasteiger partial charge on any atom is -0.508 e. The first-order valence-electron chi connectivity index (χ1n) is 5.89. The zero-order valence-corrected chi connectivity index (χ0v) is 11.1. The lowest BCUT2D eigenvalue weighted by Crippen LogP contribution is -1.63. The molecule has 1 nitrogen and oxygen atoms in total. The number of rotatable bonds is 2.